The number of ether oxygens (including phenoxy) is 1. The van der Waals surface area contributed by atoms with Gasteiger partial charge in [-0.1, -0.05) is 61.8 Å². The van der Waals surface area contributed by atoms with Crippen LogP contribution in [0, 0.1) is 0 Å². The van der Waals surface area contributed by atoms with Crippen LogP contribution in [0.25, 0.3) is 0 Å². The zero-order valence-electron chi connectivity index (χ0n) is 12.6. The van der Waals surface area contributed by atoms with E-state index in [0.29, 0.717) is 19.3 Å². The molecule has 0 radical (unpaired) electrons. The van der Waals surface area contributed by atoms with Crippen molar-refractivity contribution >= 4 is 11.6 Å². The molecule has 0 heterocycles. The molecule has 2 aromatic rings. The predicted molar refractivity (Wildman–Crippen MR) is 88.4 cm³/mol. The second-order valence-corrected chi connectivity index (χ2v) is 5.86. The van der Waals surface area contributed by atoms with Crippen LogP contribution in [0.15, 0.2) is 48.5 Å². The van der Waals surface area contributed by atoms with Crippen molar-refractivity contribution in [3.05, 3.63) is 70.2 Å². The quantitative estimate of drug-likeness (QED) is 0.810. The second kappa shape index (κ2) is 8.18. The molecule has 2 nitrogen and oxygen atoms in total. The van der Waals surface area contributed by atoms with Crippen molar-refractivity contribution in [3.63, 3.8) is 0 Å². The van der Waals surface area contributed by atoms with Crippen molar-refractivity contribution in [2.75, 3.05) is 0 Å². The highest BCUT2D eigenvalue weighted by Gasteiger charge is 2.03. The lowest BCUT2D eigenvalue weighted by atomic mass is 10.1. The minimum atomic E-state index is 0.477. The summed E-state index contributed by atoms with van der Waals surface area (Å²) in [6, 6.07) is 16.6. The van der Waals surface area contributed by atoms with Crippen LogP contribution in [0.4, 0.5) is 0 Å². The van der Waals surface area contributed by atoms with Crippen molar-refractivity contribution < 1.29 is 4.74 Å². The molecule has 0 amide bonds. The Morgan fingerprint density at radius 3 is 2.48 bits per heavy atom. The van der Waals surface area contributed by atoms with E-state index in [4.69, 9.17) is 16.3 Å². The molecular formula is C18H22ClNO. The molecule has 0 bridgehead atoms. The van der Waals surface area contributed by atoms with Crippen molar-refractivity contribution in [2.24, 2.45) is 0 Å². The maximum absolute atomic E-state index is 5.97. The van der Waals surface area contributed by atoms with Crippen molar-refractivity contribution in [3.8, 4) is 0 Å². The Hall–Kier alpha value is -1.35. The lowest BCUT2D eigenvalue weighted by Crippen LogP contribution is -2.22. The van der Waals surface area contributed by atoms with Crippen LogP contribution in [-0.2, 0) is 24.5 Å². The molecular weight excluding hydrogens is 282 g/mol. The molecule has 0 aliphatic rings. The molecule has 0 spiro atoms. The molecule has 0 aliphatic heterocycles. The average Bonchev–Trinajstić information content (AvgIpc) is 2.46. The minimum absolute atomic E-state index is 0.477. The van der Waals surface area contributed by atoms with E-state index < -0.39 is 0 Å². The molecule has 3 heteroatoms. The summed E-state index contributed by atoms with van der Waals surface area (Å²) in [7, 11) is 0. The third-order valence-corrected chi connectivity index (χ3v) is 3.47. The Morgan fingerprint density at radius 1 is 1.00 bits per heavy atom. The number of nitrogens with one attached hydrogen (secondary N) is 1. The summed E-state index contributed by atoms with van der Waals surface area (Å²) in [5, 5.41) is 4.19. The van der Waals surface area contributed by atoms with Crippen LogP contribution < -0.4 is 5.32 Å². The summed E-state index contributed by atoms with van der Waals surface area (Å²) in [5.41, 5.74) is 3.62. The molecule has 0 aliphatic carbocycles. The zero-order valence-corrected chi connectivity index (χ0v) is 13.4. The van der Waals surface area contributed by atoms with E-state index >= 15 is 0 Å². The number of halogens is 1. The molecule has 1 N–H and O–H groups in total. The number of rotatable bonds is 7. The number of benzene rings is 2. The van der Waals surface area contributed by atoms with Gasteiger partial charge in [-0.15, -0.1) is 0 Å². The Labute approximate surface area is 132 Å². The summed E-state index contributed by atoms with van der Waals surface area (Å²) < 4.78 is 5.82. The van der Waals surface area contributed by atoms with Gasteiger partial charge in [0.1, 0.15) is 0 Å². The second-order valence-electron chi connectivity index (χ2n) is 5.43. The normalized spacial score (nSPS) is 11.0. The lowest BCUT2D eigenvalue weighted by molar-refractivity contribution is 0.106. The maximum Gasteiger partial charge on any atom is 0.0724 e. The van der Waals surface area contributed by atoms with Gasteiger partial charge in [-0.25, -0.2) is 0 Å². The van der Waals surface area contributed by atoms with Gasteiger partial charge in [0.05, 0.1) is 13.2 Å². The Bertz CT molecular complexity index is 569. The first-order valence-corrected chi connectivity index (χ1v) is 7.65. The Kier molecular flexibility index (Phi) is 6.24. The maximum atomic E-state index is 5.97. The highest BCUT2D eigenvalue weighted by molar-refractivity contribution is 6.30. The van der Waals surface area contributed by atoms with Gasteiger partial charge in [0.2, 0.25) is 0 Å². The van der Waals surface area contributed by atoms with Crippen LogP contribution in [0.2, 0.25) is 5.02 Å². The molecule has 2 rings (SSSR count). The van der Waals surface area contributed by atoms with Crippen LogP contribution >= 0.6 is 11.6 Å². The number of hydrogen-bond acceptors (Lipinski definition) is 2. The van der Waals surface area contributed by atoms with Crippen molar-refractivity contribution in [2.45, 2.75) is 39.6 Å². The van der Waals surface area contributed by atoms with E-state index in [0.717, 1.165) is 17.1 Å². The molecule has 2 aromatic carbocycles. The van der Waals surface area contributed by atoms with Gasteiger partial charge in [-0.05, 0) is 28.8 Å². The topological polar surface area (TPSA) is 21.3 Å². The summed E-state index contributed by atoms with van der Waals surface area (Å²) in [4.78, 5) is 0. The van der Waals surface area contributed by atoms with Crippen LogP contribution in [-0.4, -0.2) is 6.04 Å². The first-order chi connectivity index (χ1) is 10.1. The van der Waals surface area contributed by atoms with Gasteiger partial charge in [0.15, 0.2) is 0 Å². The fourth-order valence-corrected chi connectivity index (χ4v) is 2.30. The standard InChI is InChI=1S/C18H22ClNO/c1-14(2)20-11-16-7-3-4-8-17(16)13-21-12-15-6-5-9-18(19)10-15/h3-10,14,20H,11-13H2,1-2H3. The monoisotopic (exact) mass is 303 g/mol. The third kappa shape index (κ3) is 5.50. The summed E-state index contributed by atoms with van der Waals surface area (Å²) >= 11 is 5.97. The highest BCUT2D eigenvalue weighted by Crippen LogP contribution is 2.14. The van der Waals surface area contributed by atoms with Crippen molar-refractivity contribution in [1.82, 2.24) is 5.32 Å². The van der Waals surface area contributed by atoms with E-state index in [1.54, 1.807) is 0 Å². The molecule has 0 unspecified atom stereocenters. The molecule has 0 aromatic heterocycles. The first kappa shape index (κ1) is 16.0. The van der Waals surface area contributed by atoms with E-state index in [2.05, 4.69) is 43.4 Å². The van der Waals surface area contributed by atoms with Gasteiger partial charge in [0, 0.05) is 17.6 Å². The van der Waals surface area contributed by atoms with Gasteiger partial charge in [0.25, 0.3) is 0 Å². The third-order valence-electron chi connectivity index (χ3n) is 3.23. The zero-order chi connectivity index (χ0) is 15.1. The Balaban J connectivity index is 1.90. The lowest BCUT2D eigenvalue weighted by Gasteiger charge is -2.13. The van der Waals surface area contributed by atoms with E-state index in [1.807, 2.05) is 24.3 Å². The smallest absolute Gasteiger partial charge is 0.0724 e. The molecule has 21 heavy (non-hydrogen) atoms. The summed E-state index contributed by atoms with van der Waals surface area (Å²) in [5.74, 6) is 0. The van der Waals surface area contributed by atoms with Gasteiger partial charge in [-0.3, -0.25) is 0 Å². The van der Waals surface area contributed by atoms with Crippen LogP contribution in [0.1, 0.15) is 30.5 Å². The Morgan fingerprint density at radius 2 is 1.76 bits per heavy atom. The van der Waals surface area contributed by atoms with Crippen molar-refractivity contribution in [1.29, 1.82) is 0 Å². The molecule has 0 atom stereocenters. The van der Waals surface area contributed by atoms with E-state index in [9.17, 15) is 0 Å². The average molecular weight is 304 g/mol. The molecule has 112 valence electrons. The van der Waals surface area contributed by atoms with Gasteiger partial charge in [-0.2, -0.15) is 0 Å². The minimum Gasteiger partial charge on any atom is -0.372 e. The molecule has 0 saturated carbocycles. The summed E-state index contributed by atoms with van der Waals surface area (Å²) in [6.07, 6.45) is 0. The van der Waals surface area contributed by atoms with Gasteiger partial charge < -0.3 is 10.1 Å². The van der Waals surface area contributed by atoms with Crippen LogP contribution in [0.3, 0.4) is 0 Å². The van der Waals surface area contributed by atoms with E-state index in [1.165, 1.54) is 11.1 Å². The van der Waals surface area contributed by atoms with Gasteiger partial charge >= 0.3 is 0 Å². The van der Waals surface area contributed by atoms with E-state index in [-0.39, 0.29) is 0 Å². The highest BCUT2D eigenvalue weighted by atomic mass is 35.5. The van der Waals surface area contributed by atoms with Crippen LogP contribution in [0.5, 0.6) is 0 Å². The SMILES string of the molecule is CC(C)NCc1ccccc1COCc1cccc(Cl)c1. The molecule has 0 saturated heterocycles. The number of hydrogen-bond donors (Lipinski definition) is 1. The first-order valence-electron chi connectivity index (χ1n) is 7.27. The molecule has 0 fully saturated rings. The predicted octanol–water partition coefficient (Wildman–Crippen LogP) is 4.55. The fraction of sp³-hybridized carbons (Fsp3) is 0.333. The fourth-order valence-electron chi connectivity index (χ4n) is 2.09. The largest absolute Gasteiger partial charge is 0.372 e. The summed E-state index contributed by atoms with van der Waals surface area (Å²) in [6.45, 7) is 6.36.